The standard InChI is InChI=1S/C25H21ClN4O3S/c26-19-9-3-1-6-16(19)15-34-25-29-20-10-4-2-8-18(20)23-28-21(24(32)30(23)25)11-12-22(31)27-14-17-7-5-13-33-17/h1-10,13,21H,11-12,14-15H2,(H,27,31)/t21-/m0/s1. The number of thioether (sulfide) groups is 1. The van der Waals surface area contributed by atoms with Crippen LogP contribution in [0.15, 0.2) is 81.3 Å². The SMILES string of the molecule is O=C(CC[C@@H]1N=C2c3ccccc3N=C(SCc3ccccc3Cl)N2C1=O)NCc1ccco1. The predicted octanol–water partition coefficient (Wildman–Crippen LogP) is 4.92. The summed E-state index contributed by atoms with van der Waals surface area (Å²) in [4.78, 5) is 36.7. The molecule has 2 aliphatic heterocycles. The van der Waals surface area contributed by atoms with Crippen molar-refractivity contribution >= 4 is 51.9 Å². The Morgan fingerprint density at radius 1 is 1.12 bits per heavy atom. The molecule has 5 rings (SSSR count). The van der Waals surface area contributed by atoms with Gasteiger partial charge in [0, 0.05) is 22.8 Å². The average molecular weight is 493 g/mol. The number of benzene rings is 2. The number of para-hydroxylation sites is 1. The number of nitrogens with one attached hydrogen (secondary N) is 1. The Bertz CT molecular complexity index is 1290. The predicted molar refractivity (Wildman–Crippen MR) is 133 cm³/mol. The Labute approximate surface area is 205 Å². The number of amides is 2. The first-order valence-electron chi connectivity index (χ1n) is 10.9. The number of carbonyl (C=O) groups excluding carboxylic acids is 2. The zero-order valence-electron chi connectivity index (χ0n) is 18.1. The Balaban J connectivity index is 1.30. The second-order valence-corrected chi connectivity index (χ2v) is 9.18. The molecule has 1 N–H and O–H groups in total. The van der Waals surface area contributed by atoms with Crippen LogP contribution in [0.1, 0.15) is 29.7 Å². The van der Waals surface area contributed by atoms with Gasteiger partial charge in [-0.25, -0.2) is 9.89 Å². The van der Waals surface area contributed by atoms with Crippen LogP contribution in [0, 0.1) is 0 Å². The van der Waals surface area contributed by atoms with Crippen LogP contribution in [0.4, 0.5) is 5.69 Å². The van der Waals surface area contributed by atoms with E-state index in [9.17, 15) is 9.59 Å². The van der Waals surface area contributed by atoms with Gasteiger partial charge in [0.05, 0.1) is 18.5 Å². The Morgan fingerprint density at radius 3 is 2.76 bits per heavy atom. The van der Waals surface area contributed by atoms with Crippen molar-refractivity contribution < 1.29 is 14.0 Å². The summed E-state index contributed by atoms with van der Waals surface area (Å²) in [6, 6.07) is 18.2. The Hall–Kier alpha value is -3.36. The Kier molecular flexibility index (Phi) is 6.51. The minimum absolute atomic E-state index is 0.156. The number of halogens is 1. The van der Waals surface area contributed by atoms with Crippen LogP contribution in [0.5, 0.6) is 0 Å². The molecule has 0 aliphatic carbocycles. The molecule has 9 heteroatoms. The lowest BCUT2D eigenvalue weighted by Gasteiger charge is -2.25. The van der Waals surface area contributed by atoms with Crippen molar-refractivity contribution in [3.05, 3.63) is 88.8 Å². The average Bonchev–Trinajstić information content (AvgIpc) is 3.49. The number of aliphatic imine (C=N–C) groups is 2. The second-order valence-electron chi connectivity index (χ2n) is 7.83. The molecule has 3 heterocycles. The van der Waals surface area contributed by atoms with Gasteiger partial charge < -0.3 is 9.73 Å². The molecule has 0 radical (unpaired) electrons. The van der Waals surface area contributed by atoms with E-state index in [1.807, 2.05) is 48.5 Å². The first-order valence-corrected chi connectivity index (χ1v) is 12.2. The molecule has 0 saturated carbocycles. The molecule has 3 aromatic rings. The van der Waals surface area contributed by atoms with Crippen molar-refractivity contribution in [2.75, 3.05) is 0 Å². The molecule has 2 aliphatic rings. The van der Waals surface area contributed by atoms with Gasteiger partial charge in [0.1, 0.15) is 17.6 Å². The molecule has 0 saturated heterocycles. The number of hydrogen-bond acceptors (Lipinski definition) is 6. The summed E-state index contributed by atoms with van der Waals surface area (Å²) in [5, 5.41) is 4.04. The van der Waals surface area contributed by atoms with Crippen molar-refractivity contribution in [1.29, 1.82) is 0 Å². The molecule has 2 amide bonds. The van der Waals surface area contributed by atoms with E-state index in [0.29, 0.717) is 40.5 Å². The molecular formula is C25H21ClN4O3S. The molecule has 7 nitrogen and oxygen atoms in total. The second kappa shape index (κ2) is 9.87. The molecule has 1 aromatic heterocycles. The van der Waals surface area contributed by atoms with Gasteiger partial charge in [0.15, 0.2) is 5.17 Å². The van der Waals surface area contributed by atoms with Gasteiger partial charge in [-0.1, -0.05) is 53.7 Å². The van der Waals surface area contributed by atoms with Crippen molar-refractivity contribution in [2.45, 2.75) is 31.2 Å². The van der Waals surface area contributed by atoms with E-state index >= 15 is 0 Å². The molecule has 0 spiro atoms. The smallest absolute Gasteiger partial charge is 0.259 e. The van der Waals surface area contributed by atoms with Gasteiger partial charge >= 0.3 is 0 Å². The highest BCUT2D eigenvalue weighted by molar-refractivity contribution is 8.13. The van der Waals surface area contributed by atoms with Gasteiger partial charge in [0.25, 0.3) is 5.91 Å². The van der Waals surface area contributed by atoms with E-state index in [0.717, 1.165) is 16.8 Å². The van der Waals surface area contributed by atoms with Crippen molar-refractivity contribution in [1.82, 2.24) is 10.2 Å². The third kappa shape index (κ3) is 4.64. The van der Waals surface area contributed by atoms with E-state index < -0.39 is 6.04 Å². The number of amidine groups is 2. The van der Waals surface area contributed by atoms with E-state index in [1.165, 1.54) is 11.8 Å². The third-order valence-electron chi connectivity index (χ3n) is 5.55. The third-order valence-corrected chi connectivity index (χ3v) is 6.90. The first kappa shape index (κ1) is 22.4. The number of furan rings is 1. The summed E-state index contributed by atoms with van der Waals surface area (Å²) < 4.78 is 5.23. The minimum Gasteiger partial charge on any atom is -0.467 e. The maximum Gasteiger partial charge on any atom is 0.259 e. The molecule has 2 aromatic carbocycles. The van der Waals surface area contributed by atoms with Crippen LogP contribution >= 0.6 is 23.4 Å². The van der Waals surface area contributed by atoms with Gasteiger partial charge in [-0.05, 0) is 42.3 Å². The maximum atomic E-state index is 13.3. The van der Waals surface area contributed by atoms with Crippen molar-refractivity contribution in [2.24, 2.45) is 9.98 Å². The highest BCUT2D eigenvalue weighted by atomic mass is 35.5. The summed E-state index contributed by atoms with van der Waals surface area (Å²) in [7, 11) is 0. The molecule has 0 bridgehead atoms. The molecular weight excluding hydrogens is 472 g/mol. The van der Waals surface area contributed by atoms with Crippen LogP contribution in [0.25, 0.3) is 0 Å². The summed E-state index contributed by atoms with van der Waals surface area (Å²) >= 11 is 7.76. The molecule has 34 heavy (non-hydrogen) atoms. The van der Waals surface area contributed by atoms with Gasteiger partial charge in [0.2, 0.25) is 5.91 Å². The summed E-state index contributed by atoms with van der Waals surface area (Å²) in [5.74, 6) is 1.50. The molecule has 0 fully saturated rings. The number of carbonyl (C=O) groups is 2. The topological polar surface area (TPSA) is 87.3 Å². The Morgan fingerprint density at radius 2 is 1.94 bits per heavy atom. The van der Waals surface area contributed by atoms with Crippen LogP contribution in [0.2, 0.25) is 5.02 Å². The summed E-state index contributed by atoms with van der Waals surface area (Å²) in [5.41, 5.74) is 2.54. The van der Waals surface area contributed by atoms with E-state index in [4.69, 9.17) is 26.0 Å². The van der Waals surface area contributed by atoms with Crippen molar-refractivity contribution in [3.8, 4) is 0 Å². The fourth-order valence-corrected chi connectivity index (χ4v) is 5.09. The highest BCUT2D eigenvalue weighted by Gasteiger charge is 2.41. The van der Waals surface area contributed by atoms with Crippen molar-refractivity contribution in [3.63, 3.8) is 0 Å². The normalized spacial score (nSPS) is 16.6. The largest absolute Gasteiger partial charge is 0.467 e. The first-order chi connectivity index (χ1) is 16.6. The monoisotopic (exact) mass is 492 g/mol. The minimum atomic E-state index is -0.637. The van der Waals surface area contributed by atoms with E-state index in [1.54, 1.807) is 23.3 Å². The zero-order valence-corrected chi connectivity index (χ0v) is 19.7. The van der Waals surface area contributed by atoms with Crippen LogP contribution in [-0.4, -0.2) is 33.8 Å². The van der Waals surface area contributed by atoms with Crippen LogP contribution in [-0.2, 0) is 21.9 Å². The fraction of sp³-hybridized carbons (Fsp3) is 0.200. The number of fused-ring (bicyclic) bond motifs is 3. The lowest BCUT2D eigenvalue weighted by Crippen LogP contribution is -2.41. The lowest BCUT2D eigenvalue weighted by molar-refractivity contribution is -0.125. The quantitative estimate of drug-likeness (QED) is 0.507. The van der Waals surface area contributed by atoms with Gasteiger partial charge in [-0.15, -0.1) is 0 Å². The number of nitrogens with zero attached hydrogens (tertiary/aromatic N) is 3. The van der Waals surface area contributed by atoms with Crippen LogP contribution < -0.4 is 5.32 Å². The van der Waals surface area contributed by atoms with E-state index in [-0.39, 0.29) is 18.2 Å². The highest BCUT2D eigenvalue weighted by Crippen LogP contribution is 2.35. The number of rotatable bonds is 7. The van der Waals surface area contributed by atoms with Gasteiger partial charge in [-0.3, -0.25) is 14.6 Å². The molecule has 0 unspecified atom stereocenters. The van der Waals surface area contributed by atoms with E-state index in [2.05, 4.69) is 5.32 Å². The summed E-state index contributed by atoms with van der Waals surface area (Å²) in [6.07, 6.45) is 2.06. The zero-order chi connectivity index (χ0) is 23.5. The fourth-order valence-electron chi connectivity index (χ4n) is 3.80. The lowest BCUT2D eigenvalue weighted by atomic mass is 10.1. The number of hydrogen-bond donors (Lipinski definition) is 1. The van der Waals surface area contributed by atoms with Crippen LogP contribution in [0.3, 0.4) is 0 Å². The molecule has 172 valence electrons. The summed E-state index contributed by atoms with van der Waals surface area (Å²) in [6.45, 7) is 0.313. The van der Waals surface area contributed by atoms with Gasteiger partial charge in [-0.2, -0.15) is 0 Å². The molecule has 1 atom stereocenters. The maximum absolute atomic E-state index is 13.3.